The SMILES string of the molecule is c1ccc2c(c1)sc1c(Cc3ccc(-n4c5ccccc5c5ccccc54)cc3)cccc12. The zero-order valence-corrected chi connectivity index (χ0v) is 18.8. The molecular formula is C31H21NS. The molecule has 2 aromatic heterocycles. The van der Waals surface area contributed by atoms with E-state index in [0.29, 0.717) is 0 Å². The first-order valence-electron chi connectivity index (χ1n) is 11.3. The lowest BCUT2D eigenvalue weighted by Crippen LogP contribution is -1.95. The van der Waals surface area contributed by atoms with Crippen LogP contribution >= 0.6 is 11.3 Å². The minimum absolute atomic E-state index is 0.942. The van der Waals surface area contributed by atoms with Crippen molar-refractivity contribution in [1.82, 2.24) is 4.57 Å². The molecule has 0 radical (unpaired) electrons. The van der Waals surface area contributed by atoms with Crippen LogP contribution in [0.5, 0.6) is 0 Å². The van der Waals surface area contributed by atoms with Crippen molar-refractivity contribution in [3.8, 4) is 5.69 Å². The lowest BCUT2D eigenvalue weighted by atomic mass is 10.0. The first-order chi connectivity index (χ1) is 16.4. The van der Waals surface area contributed by atoms with Gasteiger partial charge in [-0.3, -0.25) is 0 Å². The van der Waals surface area contributed by atoms with Crippen LogP contribution in [0, 0.1) is 0 Å². The molecule has 0 aliphatic carbocycles. The monoisotopic (exact) mass is 439 g/mol. The average Bonchev–Trinajstić information content (AvgIpc) is 3.42. The summed E-state index contributed by atoms with van der Waals surface area (Å²) in [4.78, 5) is 0. The number of nitrogens with zero attached hydrogens (tertiary/aromatic N) is 1. The second-order valence-electron chi connectivity index (χ2n) is 8.60. The van der Waals surface area contributed by atoms with Gasteiger partial charge in [0.2, 0.25) is 0 Å². The Kier molecular flexibility index (Phi) is 4.15. The summed E-state index contributed by atoms with van der Waals surface area (Å²) in [6.45, 7) is 0. The molecule has 0 saturated heterocycles. The summed E-state index contributed by atoms with van der Waals surface area (Å²) in [6, 6.07) is 41.9. The molecule has 0 aliphatic rings. The van der Waals surface area contributed by atoms with Crippen LogP contribution in [-0.2, 0) is 6.42 Å². The maximum Gasteiger partial charge on any atom is 0.0541 e. The number of rotatable bonds is 3. The fourth-order valence-corrected chi connectivity index (χ4v) is 6.34. The predicted molar refractivity (Wildman–Crippen MR) is 143 cm³/mol. The molecule has 33 heavy (non-hydrogen) atoms. The minimum Gasteiger partial charge on any atom is -0.309 e. The van der Waals surface area contributed by atoms with Crippen molar-refractivity contribution in [1.29, 1.82) is 0 Å². The predicted octanol–water partition coefficient (Wildman–Crippen LogP) is 8.74. The van der Waals surface area contributed by atoms with Crippen molar-refractivity contribution < 1.29 is 0 Å². The van der Waals surface area contributed by atoms with E-state index in [9.17, 15) is 0 Å². The van der Waals surface area contributed by atoms with E-state index in [2.05, 4.69) is 120 Å². The highest BCUT2D eigenvalue weighted by molar-refractivity contribution is 7.26. The van der Waals surface area contributed by atoms with Gasteiger partial charge >= 0.3 is 0 Å². The molecule has 2 heteroatoms. The molecule has 0 unspecified atom stereocenters. The third-order valence-corrected chi connectivity index (χ3v) is 7.92. The molecule has 2 heterocycles. The van der Waals surface area contributed by atoms with Gasteiger partial charge in [0.1, 0.15) is 0 Å². The molecule has 0 bridgehead atoms. The quantitative estimate of drug-likeness (QED) is 0.259. The summed E-state index contributed by atoms with van der Waals surface area (Å²) >= 11 is 1.91. The number of benzene rings is 5. The first kappa shape index (κ1) is 18.7. The first-order valence-corrected chi connectivity index (χ1v) is 12.2. The maximum atomic E-state index is 2.38. The van der Waals surface area contributed by atoms with Crippen LogP contribution in [-0.4, -0.2) is 4.57 Å². The number of aromatic nitrogens is 1. The fourth-order valence-electron chi connectivity index (χ4n) is 5.13. The Balaban J connectivity index is 1.31. The van der Waals surface area contributed by atoms with E-state index in [1.165, 1.54) is 58.8 Å². The maximum absolute atomic E-state index is 2.38. The fraction of sp³-hybridized carbons (Fsp3) is 0.0323. The van der Waals surface area contributed by atoms with E-state index in [0.717, 1.165) is 6.42 Å². The summed E-state index contributed by atoms with van der Waals surface area (Å²) in [7, 11) is 0. The highest BCUT2D eigenvalue weighted by Crippen LogP contribution is 2.37. The Hall–Kier alpha value is -3.88. The number of para-hydroxylation sites is 2. The highest BCUT2D eigenvalue weighted by atomic mass is 32.1. The van der Waals surface area contributed by atoms with Gasteiger partial charge in [-0.15, -0.1) is 11.3 Å². The third kappa shape index (κ3) is 2.92. The van der Waals surface area contributed by atoms with Crippen LogP contribution < -0.4 is 0 Å². The van der Waals surface area contributed by atoms with Gasteiger partial charge < -0.3 is 4.57 Å². The van der Waals surface area contributed by atoms with Crippen LogP contribution in [0.2, 0.25) is 0 Å². The lowest BCUT2D eigenvalue weighted by molar-refractivity contribution is 1.15. The van der Waals surface area contributed by atoms with Crippen molar-refractivity contribution in [3.05, 3.63) is 126 Å². The summed E-state index contributed by atoms with van der Waals surface area (Å²) in [5.74, 6) is 0. The minimum atomic E-state index is 0.942. The molecule has 0 N–H and O–H groups in total. The molecule has 5 aromatic carbocycles. The van der Waals surface area contributed by atoms with E-state index in [4.69, 9.17) is 0 Å². The van der Waals surface area contributed by atoms with Gasteiger partial charge in [-0.1, -0.05) is 84.9 Å². The average molecular weight is 440 g/mol. The van der Waals surface area contributed by atoms with Gasteiger partial charge in [0.25, 0.3) is 0 Å². The molecule has 0 aliphatic heterocycles. The zero-order chi connectivity index (χ0) is 21.8. The Morgan fingerprint density at radius 1 is 0.515 bits per heavy atom. The summed E-state index contributed by atoms with van der Waals surface area (Å²) in [6.07, 6.45) is 0.942. The summed E-state index contributed by atoms with van der Waals surface area (Å²) in [5, 5.41) is 5.33. The molecule has 0 fully saturated rings. The van der Waals surface area contributed by atoms with Crippen molar-refractivity contribution in [2.45, 2.75) is 6.42 Å². The summed E-state index contributed by atoms with van der Waals surface area (Å²) < 4.78 is 5.15. The number of thiophene rings is 1. The van der Waals surface area contributed by atoms with Gasteiger partial charge in [0, 0.05) is 36.6 Å². The molecule has 0 spiro atoms. The van der Waals surface area contributed by atoms with Gasteiger partial charge in [0.05, 0.1) is 11.0 Å². The molecule has 0 saturated carbocycles. The van der Waals surface area contributed by atoms with E-state index in [-0.39, 0.29) is 0 Å². The molecule has 7 aromatic rings. The van der Waals surface area contributed by atoms with Crippen LogP contribution in [0.4, 0.5) is 0 Å². The third-order valence-electron chi connectivity index (χ3n) is 6.66. The molecule has 1 nitrogen and oxygen atoms in total. The largest absolute Gasteiger partial charge is 0.309 e. The molecule has 0 amide bonds. The molecular weight excluding hydrogens is 418 g/mol. The normalized spacial score (nSPS) is 11.8. The number of fused-ring (bicyclic) bond motifs is 6. The van der Waals surface area contributed by atoms with Gasteiger partial charge in [-0.25, -0.2) is 0 Å². The lowest BCUT2D eigenvalue weighted by Gasteiger charge is -2.10. The number of hydrogen-bond donors (Lipinski definition) is 0. The topological polar surface area (TPSA) is 4.93 Å². The molecule has 156 valence electrons. The van der Waals surface area contributed by atoms with Crippen LogP contribution in [0.25, 0.3) is 47.7 Å². The van der Waals surface area contributed by atoms with Crippen LogP contribution in [0.1, 0.15) is 11.1 Å². The number of hydrogen-bond acceptors (Lipinski definition) is 1. The van der Waals surface area contributed by atoms with Crippen LogP contribution in [0.15, 0.2) is 115 Å². The van der Waals surface area contributed by atoms with Crippen molar-refractivity contribution in [2.75, 3.05) is 0 Å². The smallest absolute Gasteiger partial charge is 0.0541 e. The Labute approximate surface area is 196 Å². The van der Waals surface area contributed by atoms with E-state index >= 15 is 0 Å². The van der Waals surface area contributed by atoms with Gasteiger partial charge in [0.15, 0.2) is 0 Å². The van der Waals surface area contributed by atoms with E-state index in [1.54, 1.807) is 0 Å². The van der Waals surface area contributed by atoms with Crippen molar-refractivity contribution in [2.24, 2.45) is 0 Å². The standard InChI is InChI=1S/C31H21NS/c1-4-13-28-24(9-1)25-10-2-5-14-29(25)32(28)23-18-16-21(17-19-23)20-22-8-7-12-27-26-11-3-6-15-30(26)33-31(22)27/h1-19H,20H2. The van der Waals surface area contributed by atoms with Crippen molar-refractivity contribution >= 4 is 53.3 Å². The van der Waals surface area contributed by atoms with Crippen molar-refractivity contribution in [3.63, 3.8) is 0 Å². The van der Waals surface area contributed by atoms with E-state index < -0.39 is 0 Å². The second kappa shape index (κ2) is 7.33. The molecule has 7 rings (SSSR count). The Morgan fingerprint density at radius 3 is 1.85 bits per heavy atom. The molecule has 0 atom stereocenters. The summed E-state index contributed by atoms with van der Waals surface area (Å²) in [5.41, 5.74) is 6.45. The van der Waals surface area contributed by atoms with E-state index in [1.807, 2.05) is 11.3 Å². The second-order valence-corrected chi connectivity index (χ2v) is 9.66. The zero-order valence-electron chi connectivity index (χ0n) is 18.0. The van der Waals surface area contributed by atoms with Crippen LogP contribution in [0.3, 0.4) is 0 Å². The van der Waals surface area contributed by atoms with Gasteiger partial charge in [-0.05, 0) is 47.9 Å². The highest BCUT2D eigenvalue weighted by Gasteiger charge is 2.12. The Bertz CT molecular complexity index is 1730. The Morgan fingerprint density at radius 2 is 1.12 bits per heavy atom. The van der Waals surface area contributed by atoms with Gasteiger partial charge in [-0.2, -0.15) is 0 Å².